The zero-order valence-electron chi connectivity index (χ0n) is 20.8. The monoisotopic (exact) mass is 495 g/mol. The van der Waals surface area contributed by atoms with Crippen molar-refractivity contribution in [2.45, 2.75) is 6.92 Å². The van der Waals surface area contributed by atoms with E-state index < -0.39 is 0 Å². The van der Waals surface area contributed by atoms with Crippen LogP contribution < -0.4 is 10.2 Å². The number of fused-ring (bicyclic) bond motifs is 1. The van der Waals surface area contributed by atoms with Crippen LogP contribution >= 0.6 is 0 Å². The maximum Gasteiger partial charge on any atom is 0.338 e. The first-order valence-electron chi connectivity index (χ1n) is 12.5. The van der Waals surface area contributed by atoms with Crippen molar-refractivity contribution < 1.29 is 14.3 Å². The lowest BCUT2D eigenvalue weighted by Gasteiger charge is -2.35. The number of hydrogen-bond donors (Lipinski definition) is 1. The summed E-state index contributed by atoms with van der Waals surface area (Å²) in [5.74, 6) is 0.418. The lowest BCUT2D eigenvalue weighted by molar-refractivity contribution is -0.117. The van der Waals surface area contributed by atoms with E-state index in [1.165, 1.54) is 0 Å². The Morgan fingerprint density at radius 2 is 1.51 bits per heavy atom. The van der Waals surface area contributed by atoms with Crippen molar-refractivity contribution in [3.63, 3.8) is 0 Å². The molecule has 37 heavy (non-hydrogen) atoms. The van der Waals surface area contributed by atoms with Crippen molar-refractivity contribution in [3.05, 3.63) is 84.4 Å². The molecule has 0 bridgehead atoms. The minimum absolute atomic E-state index is 0.0882. The number of aromatic nitrogens is 2. The molecular weight excluding hydrogens is 466 g/mol. The summed E-state index contributed by atoms with van der Waals surface area (Å²) in [7, 11) is 0. The van der Waals surface area contributed by atoms with Gasteiger partial charge >= 0.3 is 5.97 Å². The smallest absolute Gasteiger partial charge is 0.338 e. The maximum absolute atomic E-state index is 12.6. The second-order valence-corrected chi connectivity index (χ2v) is 8.89. The number of hydrogen-bond acceptors (Lipinski definition) is 7. The molecule has 1 aromatic heterocycles. The molecule has 188 valence electrons. The molecule has 0 unspecified atom stereocenters. The molecule has 5 rings (SSSR count). The van der Waals surface area contributed by atoms with Gasteiger partial charge in [-0.2, -0.15) is 0 Å². The summed E-state index contributed by atoms with van der Waals surface area (Å²) in [6.07, 6.45) is 0. The fraction of sp³-hybridized carbons (Fsp3) is 0.241. The zero-order valence-corrected chi connectivity index (χ0v) is 20.8. The third-order valence-electron chi connectivity index (χ3n) is 6.43. The van der Waals surface area contributed by atoms with Gasteiger partial charge in [0.2, 0.25) is 5.91 Å². The molecule has 1 amide bonds. The summed E-state index contributed by atoms with van der Waals surface area (Å²) in [6.45, 7) is 5.38. The summed E-state index contributed by atoms with van der Waals surface area (Å²) >= 11 is 0. The van der Waals surface area contributed by atoms with Crippen LogP contribution in [0.5, 0.6) is 0 Å². The van der Waals surface area contributed by atoms with Gasteiger partial charge in [-0.3, -0.25) is 9.69 Å². The highest BCUT2D eigenvalue weighted by Crippen LogP contribution is 2.31. The molecule has 0 radical (unpaired) electrons. The highest BCUT2D eigenvalue weighted by Gasteiger charge is 2.22. The molecule has 2 heterocycles. The number of benzene rings is 3. The van der Waals surface area contributed by atoms with Crippen molar-refractivity contribution in [1.82, 2.24) is 15.1 Å². The van der Waals surface area contributed by atoms with Crippen LogP contribution in [-0.2, 0) is 9.53 Å². The third-order valence-corrected chi connectivity index (χ3v) is 6.43. The van der Waals surface area contributed by atoms with Crippen LogP contribution in [0.1, 0.15) is 17.3 Å². The number of amides is 1. The summed E-state index contributed by atoms with van der Waals surface area (Å²) < 4.78 is 4.99. The number of ether oxygens (including phenoxy) is 1. The van der Waals surface area contributed by atoms with Crippen molar-refractivity contribution in [3.8, 4) is 11.3 Å². The molecular formula is C29H29N5O3. The molecule has 1 saturated heterocycles. The number of anilines is 2. The molecule has 1 N–H and O–H groups in total. The first-order chi connectivity index (χ1) is 18.1. The highest BCUT2D eigenvalue weighted by atomic mass is 16.5. The Labute approximate surface area is 215 Å². The van der Waals surface area contributed by atoms with Crippen LogP contribution in [0.4, 0.5) is 11.5 Å². The average molecular weight is 496 g/mol. The summed E-state index contributed by atoms with van der Waals surface area (Å²) in [5, 5.41) is 14.3. The third kappa shape index (κ3) is 5.59. The van der Waals surface area contributed by atoms with Crippen LogP contribution in [0.25, 0.3) is 22.0 Å². The predicted octanol–water partition coefficient (Wildman–Crippen LogP) is 4.23. The Morgan fingerprint density at radius 1 is 0.838 bits per heavy atom. The number of nitrogens with zero attached hydrogens (tertiary/aromatic N) is 4. The van der Waals surface area contributed by atoms with Crippen LogP contribution in [0.3, 0.4) is 0 Å². The van der Waals surface area contributed by atoms with Crippen LogP contribution in [-0.4, -0.2) is 66.3 Å². The van der Waals surface area contributed by atoms with E-state index in [9.17, 15) is 9.59 Å². The minimum Gasteiger partial charge on any atom is -0.462 e. The van der Waals surface area contributed by atoms with Gasteiger partial charge < -0.3 is 15.0 Å². The van der Waals surface area contributed by atoms with E-state index in [1.54, 1.807) is 31.2 Å². The van der Waals surface area contributed by atoms with E-state index in [0.29, 0.717) is 24.4 Å². The molecule has 0 spiro atoms. The van der Waals surface area contributed by atoms with Gasteiger partial charge in [-0.1, -0.05) is 54.6 Å². The molecule has 1 fully saturated rings. The highest BCUT2D eigenvalue weighted by molar-refractivity contribution is 6.00. The zero-order chi connectivity index (χ0) is 25.6. The molecule has 8 heteroatoms. The van der Waals surface area contributed by atoms with E-state index in [0.717, 1.165) is 54.0 Å². The number of rotatable bonds is 7. The normalized spacial score (nSPS) is 13.9. The van der Waals surface area contributed by atoms with Gasteiger partial charge in [-0.05, 0) is 31.2 Å². The Bertz CT molecular complexity index is 1380. The van der Waals surface area contributed by atoms with Crippen LogP contribution in [0, 0.1) is 0 Å². The number of nitrogens with one attached hydrogen (secondary N) is 1. The summed E-state index contributed by atoms with van der Waals surface area (Å²) in [4.78, 5) is 28.8. The molecule has 8 nitrogen and oxygen atoms in total. The molecule has 1 aliphatic rings. The van der Waals surface area contributed by atoms with Gasteiger partial charge in [-0.15, -0.1) is 10.2 Å². The number of piperazine rings is 1. The lowest BCUT2D eigenvalue weighted by Crippen LogP contribution is -2.49. The Hall–Kier alpha value is -4.30. The first-order valence-corrected chi connectivity index (χ1v) is 12.5. The van der Waals surface area contributed by atoms with E-state index in [4.69, 9.17) is 4.74 Å². The van der Waals surface area contributed by atoms with Gasteiger partial charge in [0, 0.05) is 48.2 Å². The minimum atomic E-state index is -0.370. The fourth-order valence-electron chi connectivity index (χ4n) is 4.56. The van der Waals surface area contributed by atoms with Crippen molar-refractivity contribution >= 4 is 34.2 Å². The van der Waals surface area contributed by atoms with Gasteiger partial charge in [0.15, 0.2) is 5.82 Å². The van der Waals surface area contributed by atoms with E-state index in [2.05, 4.69) is 49.6 Å². The average Bonchev–Trinajstić information content (AvgIpc) is 2.94. The van der Waals surface area contributed by atoms with E-state index in [1.807, 2.05) is 30.3 Å². The molecule has 0 atom stereocenters. The van der Waals surface area contributed by atoms with Gasteiger partial charge in [0.1, 0.15) is 5.69 Å². The maximum atomic E-state index is 12.6. The van der Waals surface area contributed by atoms with Gasteiger partial charge in [-0.25, -0.2) is 4.79 Å². The van der Waals surface area contributed by atoms with Gasteiger partial charge in [0.25, 0.3) is 0 Å². The topological polar surface area (TPSA) is 87.7 Å². The Balaban J connectivity index is 1.20. The Kier molecular flexibility index (Phi) is 7.37. The molecule has 4 aromatic rings. The first kappa shape index (κ1) is 24.4. The number of esters is 1. The quantitative estimate of drug-likeness (QED) is 0.384. The van der Waals surface area contributed by atoms with Crippen LogP contribution in [0.2, 0.25) is 0 Å². The van der Waals surface area contributed by atoms with E-state index in [-0.39, 0.29) is 11.9 Å². The second kappa shape index (κ2) is 11.2. The molecule has 1 aliphatic heterocycles. The van der Waals surface area contributed by atoms with Gasteiger partial charge in [0.05, 0.1) is 18.7 Å². The molecule has 0 saturated carbocycles. The van der Waals surface area contributed by atoms with E-state index >= 15 is 0 Å². The predicted molar refractivity (Wildman–Crippen MR) is 145 cm³/mol. The largest absolute Gasteiger partial charge is 0.462 e. The SMILES string of the molecule is CCOC(=O)c1ccc(NC(=O)CN2CCN(c3nnc(-c4ccccc4)c4ccccc34)CC2)cc1. The van der Waals surface area contributed by atoms with Crippen molar-refractivity contribution in [2.24, 2.45) is 0 Å². The summed E-state index contributed by atoms with van der Waals surface area (Å²) in [5.41, 5.74) is 3.04. The molecule has 0 aliphatic carbocycles. The summed E-state index contributed by atoms with van der Waals surface area (Å²) in [6, 6.07) is 25.1. The standard InChI is InChI=1S/C29H29N5O3/c1-2-37-29(36)22-12-14-23(15-13-22)30-26(35)20-33-16-18-34(19-17-33)28-25-11-7-6-10-24(25)27(31-32-28)21-8-4-3-5-9-21/h3-15H,2,16-20H2,1H3,(H,30,35). The van der Waals surface area contributed by atoms with Crippen molar-refractivity contribution in [2.75, 3.05) is 49.5 Å². The van der Waals surface area contributed by atoms with Crippen LogP contribution in [0.15, 0.2) is 78.9 Å². The number of carbonyl (C=O) groups excluding carboxylic acids is 2. The van der Waals surface area contributed by atoms with Crippen molar-refractivity contribution in [1.29, 1.82) is 0 Å². The molecule has 3 aromatic carbocycles. The lowest BCUT2D eigenvalue weighted by atomic mass is 10.0. The second-order valence-electron chi connectivity index (χ2n) is 8.89. The Morgan fingerprint density at radius 3 is 2.22 bits per heavy atom. The fourth-order valence-corrected chi connectivity index (χ4v) is 4.56. The number of carbonyl (C=O) groups is 2.